The van der Waals surface area contributed by atoms with Crippen molar-refractivity contribution in [1.82, 2.24) is 30.8 Å². The molecule has 8 nitrogen and oxygen atoms in total. The van der Waals surface area contributed by atoms with Gasteiger partial charge < -0.3 is 10.2 Å². The number of aromatic nitrogens is 4. The van der Waals surface area contributed by atoms with E-state index in [-0.39, 0.29) is 17.7 Å². The standard InChI is InChI=1S/C27H36N6O2S/c1-4-7-25(34)33(15-14-28-27(35)22(18-36)16-19(2)3)17-20-10-12-21(13-11-20)23-8-5-6-9-24(23)26-29-31-32-30-26/h5-6,8-13,19,22,36H,4,7,14-18H2,1-3H3,(H,28,35)(H,29,30,31,32)/t22-/m1/s1. The van der Waals surface area contributed by atoms with Crippen LogP contribution in [0.5, 0.6) is 0 Å². The predicted molar refractivity (Wildman–Crippen MR) is 145 cm³/mol. The molecule has 2 amide bonds. The van der Waals surface area contributed by atoms with Crippen LogP contribution in [-0.4, -0.2) is 56.2 Å². The molecule has 2 aromatic carbocycles. The zero-order valence-electron chi connectivity index (χ0n) is 21.3. The minimum absolute atomic E-state index is 0.00608. The van der Waals surface area contributed by atoms with Crippen LogP contribution in [0.2, 0.25) is 0 Å². The summed E-state index contributed by atoms with van der Waals surface area (Å²) in [6.45, 7) is 7.58. The summed E-state index contributed by atoms with van der Waals surface area (Å²) in [5.41, 5.74) is 4.00. The zero-order valence-corrected chi connectivity index (χ0v) is 22.2. The molecule has 0 spiro atoms. The van der Waals surface area contributed by atoms with Crippen molar-refractivity contribution in [3.8, 4) is 22.5 Å². The first-order valence-corrected chi connectivity index (χ1v) is 13.1. The van der Waals surface area contributed by atoms with Crippen molar-refractivity contribution in [3.63, 3.8) is 0 Å². The van der Waals surface area contributed by atoms with Crippen LogP contribution in [-0.2, 0) is 16.1 Å². The summed E-state index contributed by atoms with van der Waals surface area (Å²) in [6.07, 6.45) is 2.07. The van der Waals surface area contributed by atoms with E-state index in [0.29, 0.717) is 43.6 Å². The van der Waals surface area contributed by atoms with Crippen molar-refractivity contribution < 1.29 is 9.59 Å². The van der Waals surface area contributed by atoms with E-state index in [4.69, 9.17) is 0 Å². The van der Waals surface area contributed by atoms with Crippen molar-refractivity contribution in [2.75, 3.05) is 18.8 Å². The molecule has 9 heteroatoms. The van der Waals surface area contributed by atoms with Crippen LogP contribution >= 0.6 is 12.6 Å². The molecular weight excluding hydrogens is 472 g/mol. The van der Waals surface area contributed by atoms with Gasteiger partial charge in [-0.3, -0.25) is 9.59 Å². The number of aromatic amines is 1. The second-order valence-corrected chi connectivity index (χ2v) is 9.72. The topological polar surface area (TPSA) is 104 Å². The number of carbonyl (C=O) groups is 2. The van der Waals surface area contributed by atoms with Crippen molar-refractivity contribution in [2.24, 2.45) is 11.8 Å². The lowest BCUT2D eigenvalue weighted by molar-refractivity contribution is -0.132. The average molecular weight is 509 g/mol. The molecule has 0 aliphatic heterocycles. The highest BCUT2D eigenvalue weighted by Crippen LogP contribution is 2.29. The van der Waals surface area contributed by atoms with Gasteiger partial charge in [-0.1, -0.05) is 69.3 Å². The fourth-order valence-corrected chi connectivity index (χ4v) is 4.50. The van der Waals surface area contributed by atoms with Crippen molar-refractivity contribution in [3.05, 3.63) is 54.1 Å². The van der Waals surface area contributed by atoms with E-state index in [2.05, 4.69) is 52.4 Å². The highest BCUT2D eigenvalue weighted by molar-refractivity contribution is 7.80. The Morgan fingerprint density at radius 2 is 1.81 bits per heavy atom. The Morgan fingerprint density at radius 1 is 1.08 bits per heavy atom. The molecule has 0 saturated carbocycles. The van der Waals surface area contributed by atoms with E-state index in [1.807, 2.05) is 60.4 Å². The summed E-state index contributed by atoms with van der Waals surface area (Å²) in [7, 11) is 0. The van der Waals surface area contributed by atoms with Crippen LogP contribution in [0.4, 0.5) is 0 Å². The molecule has 0 aliphatic rings. The largest absolute Gasteiger partial charge is 0.354 e. The van der Waals surface area contributed by atoms with Crippen LogP contribution in [0.15, 0.2) is 48.5 Å². The lowest BCUT2D eigenvalue weighted by Gasteiger charge is -2.24. The second kappa shape index (κ2) is 13.8. The molecule has 36 heavy (non-hydrogen) atoms. The van der Waals surface area contributed by atoms with Crippen LogP contribution in [0, 0.1) is 11.8 Å². The highest BCUT2D eigenvalue weighted by atomic mass is 32.1. The van der Waals surface area contributed by atoms with Crippen molar-refractivity contribution in [2.45, 2.75) is 46.6 Å². The molecule has 0 saturated heterocycles. The maximum absolute atomic E-state index is 12.8. The first kappa shape index (κ1) is 27.4. The molecule has 2 N–H and O–H groups in total. The molecule has 0 aliphatic carbocycles. The Balaban J connectivity index is 1.67. The molecule has 0 bridgehead atoms. The third-order valence-corrected chi connectivity index (χ3v) is 6.45. The molecule has 1 aromatic heterocycles. The Labute approximate surface area is 218 Å². The zero-order chi connectivity index (χ0) is 25.9. The lowest BCUT2D eigenvalue weighted by Crippen LogP contribution is -2.40. The van der Waals surface area contributed by atoms with E-state index in [9.17, 15) is 9.59 Å². The molecule has 0 fully saturated rings. The maximum Gasteiger partial charge on any atom is 0.224 e. The van der Waals surface area contributed by atoms with Crippen LogP contribution in [0.3, 0.4) is 0 Å². The molecular formula is C27H36N6O2S. The van der Waals surface area contributed by atoms with Gasteiger partial charge in [-0.2, -0.15) is 12.6 Å². The van der Waals surface area contributed by atoms with Gasteiger partial charge in [-0.25, -0.2) is 5.10 Å². The maximum atomic E-state index is 12.8. The van der Waals surface area contributed by atoms with E-state index < -0.39 is 0 Å². The summed E-state index contributed by atoms with van der Waals surface area (Å²) in [6, 6.07) is 16.1. The van der Waals surface area contributed by atoms with Gasteiger partial charge in [-0.05, 0) is 45.9 Å². The van der Waals surface area contributed by atoms with Crippen molar-refractivity contribution >= 4 is 24.4 Å². The Hall–Kier alpha value is -3.20. The first-order valence-electron chi connectivity index (χ1n) is 12.5. The number of amides is 2. The van der Waals surface area contributed by atoms with Gasteiger partial charge >= 0.3 is 0 Å². The Bertz CT molecular complexity index is 1100. The van der Waals surface area contributed by atoms with Gasteiger partial charge in [0, 0.05) is 43.3 Å². The van der Waals surface area contributed by atoms with Gasteiger partial charge in [-0.15, -0.1) is 5.10 Å². The number of hydrogen-bond donors (Lipinski definition) is 3. The smallest absolute Gasteiger partial charge is 0.224 e. The van der Waals surface area contributed by atoms with E-state index >= 15 is 0 Å². The Morgan fingerprint density at radius 3 is 2.42 bits per heavy atom. The number of nitrogens with one attached hydrogen (secondary N) is 2. The summed E-state index contributed by atoms with van der Waals surface area (Å²) < 4.78 is 0. The highest BCUT2D eigenvalue weighted by Gasteiger charge is 2.19. The summed E-state index contributed by atoms with van der Waals surface area (Å²) in [5.74, 6) is 1.54. The van der Waals surface area contributed by atoms with Gasteiger partial charge in [0.1, 0.15) is 0 Å². The summed E-state index contributed by atoms with van der Waals surface area (Å²) in [4.78, 5) is 27.2. The predicted octanol–water partition coefficient (Wildman–Crippen LogP) is 4.37. The van der Waals surface area contributed by atoms with Gasteiger partial charge in [0.2, 0.25) is 11.8 Å². The van der Waals surface area contributed by atoms with Crippen LogP contribution < -0.4 is 5.32 Å². The molecule has 0 radical (unpaired) electrons. The quantitative estimate of drug-likeness (QED) is 0.298. The van der Waals surface area contributed by atoms with Crippen LogP contribution in [0.25, 0.3) is 22.5 Å². The van der Waals surface area contributed by atoms with Crippen LogP contribution in [0.1, 0.15) is 45.6 Å². The van der Waals surface area contributed by atoms with E-state index in [0.717, 1.165) is 35.1 Å². The number of thiol groups is 1. The number of H-pyrrole nitrogens is 1. The minimum atomic E-state index is -0.115. The fraction of sp³-hybridized carbons (Fsp3) is 0.444. The van der Waals surface area contributed by atoms with Gasteiger partial charge in [0.25, 0.3) is 0 Å². The van der Waals surface area contributed by atoms with E-state index in [1.165, 1.54) is 0 Å². The monoisotopic (exact) mass is 508 g/mol. The van der Waals surface area contributed by atoms with Gasteiger partial charge in [0.15, 0.2) is 5.82 Å². The fourth-order valence-electron chi connectivity index (χ4n) is 4.18. The normalized spacial score (nSPS) is 11.9. The molecule has 3 rings (SSSR count). The number of hydrogen-bond acceptors (Lipinski definition) is 6. The summed E-state index contributed by atoms with van der Waals surface area (Å²) in [5, 5.41) is 17.2. The second-order valence-electron chi connectivity index (χ2n) is 9.36. The summed E-state index contributed by atoms with van der Waals surface area (Å²) >= 11 is 4.34. The minimum Gasteiger partial charge on any atom is -0.354 e. The number of carbonyl (C=O) groups excluding carboxylic acids is 2. The number of nitrogens with zero attached hydrogens (tertiary/aromatic N) is 4. The third-order valence-electron chi connectivity index (χ3n) is 6.01. The molecule has 0 unspecified atom stereocenters. The molecule has 192 valence electrons. The lowest BCUT2D eigenvalue weighted by atomic mass is 9.98. The SMILES string of the molecule is CCCC(=O)N(CCNC(=O)[C@@H](CS)CC(C)C)Cc1ccc(-c2ccccc2-c2nnn[nH]2)cc1. The van der Waals surface area contributed by atoms with Gasteiger partial charge in [0.05, 0.1) is 0 Å². The molecule has 1 atom stereocenters. The number of rotatable bonds is 13. The molecule has 3 aromatic rings. The Kier molecular flexibility index (Phi) is 10.5. The first-order chi connectivity index (χ1) is 17.4. The van der Waals surface area contributed by atoms with E-state index in [1.54, 1.807) is 0 Å². The number of tetrazole rings is 1. The molecule has 1 heterocycles. The average Bonchev–Trinajstić information content (AvgIpc) is 3.42. The van der Waals surface area contributed by atoms with Crippen molar-refractivity contribution in [1.29, 1.82) is 0 Å². The number of benzene rings is 2. The third kappa shape index (κ3) is 7.65.